The van der Waals surface area contributed by atoms with Gasteiger partial charge >= 0.3 is 0 Å². The highest BCUT2D eigenvalue weighted by Crippen LogP contribution is 2.15. The number of hydrogen-bond donors (Lipinski definition) is 2. The predicted octanol–water partition coefficient (Wildman–Crippen LogP) is -0.0704. The zero-order valence-corrected chi connectivity index (χ0v) is 12.3. The molecule has 0 aromatic heterocycles. The van der Waals surface area contributed by atoms with Crippen molar-refractivity contribution in [3.63, 3.8) is 0 Å². The van der Waals surface area contributed by atoms with Crippen LogP contribution in [-0.4, -0.2) is 58.2 Å². The minimum absolute atomic E-state index is 0.0350. The Kier molecular flexibility index (Phi) is 6.51. The van der Waals surface area contributed by atoms with Crippen LogP contribution in [0.4, 0.5) is 0 Å². The van der Waals surface area contributed by atoms with Crippen molar-refractivity contribution < 1.29 is 13.2 Å². The van der Waals surface area contributed by atoms with Crippen molar-refractivity contribution in [2.45, 2.75) is 38.8 Å². The van der Waals surface area contributed by atoms with Crippen molar-refractivity contribution in [2.75, 3.05) is 33.4 Å². The molecule has 0 amide bonds. The highest BCUT2D eigenvalue weighted by molar-refractivity contribution is 7.87. The van der Waals surface area contributed by atoms with E-state index in [1.54, 1.807) is 11.4 Å². The van der Waals surface area contributed by atoms with Gasteiger partial charge in [-0.2, -0.15) is 17.4 Å². The molecule has 1 fully saturated rings. The van der Waals surface area contributed by atoms with E-state index in [-0.39, 0.29) is 12.1 Å². The number of nitrogens with zero attached hydrogens (tertiary/aromatic N) is 1. The van der Waals surface area contributed by atoms with Crippen LogP contribution in [0.5, 0.6) is 0 Å². The molecule has 2 atom stereocenters. The van der Waals surface area contributed by atoms with E-state index in [0.717, 1.165) is 19.4 Å². The summed E-state index contributed by atoms with van der Waals surface area (Å²) in [5, 5.41) is 3.38. The van der Waals surface area contributed by atoms with Crippen LogP contribution >= 0.6 is 0 Å². The lowest BCUT2D eigenvalue weighted by molar-refractivity contribution is 0.197. The van der Waals surface area contributed by atoms with E-state index >= 15 is 0 Å². The van der Waals surface area contributed by atoms with Crippen molar-refractivity contribution in [1.29, 1.82) is 0 Å². The third-order valence-corrected chi connectivity index (χ3v) is 4.95. The Hall–Kier alpha value is -0.210. The van der Waals surface area contributed by atoms with Gasteiger partial charge in [-0.1, -0.05) is 13.8 Å². The minimum atomic E-state index is -3.40. The first-order valence-electron chi connectivity index (χ1n) is 6.53. The largest absolute Gasteiger partial charge is 0.383 e. The van der Waals surface area contributed by atoms with Crippen molar-refractivity contribution >= 4 is 10.2 Å². The molecule has 0 radical (unpaired) electrons. The van der Waals surface area contributed by atoms with Gasteiger partial charge in [0, 0.05) is 38.8 Å². The lowest BCUT2D eigenvalue weighted by Crippen LogP contribution is -2.60. The molecule has 1 heterocycles. The SMILES string of the molecule is CCC1CN(S(=O)(=O)NCCOC)C(CC)CN1. The standard InChI is InChI=1S/C11H25N3O3S/c1-4-10-9-14(11(5-2)8-12-10)18(15,16)13-6-7-17-3/h10-13H,4-9H2,1-3H3. The van der Waals surface area contributed by atoms with Crippen molar-refractivity contribution in [1.82, 2.24) is 14.3 Å². The van der Waals surface area contributed by atoms with E-state index in [1.807, 2.05) is 6.92 Å². The van der Waals surface area contributed by atoms with Gasteiger partial charge in [0.2, 0.25) is 0 Å². The molecule has 1 saturated heterocycles. The maximum Gasteiger partial charge on any atom is 0.279 e. The highest BCUT2D eigenvalue weighted by Gasteiger charge is 2.34. The third-order valence-electron chi connectivity index (χ3n) is 3.31. The minimum Gasteiger partial charge on any atom is -0.383 e. The molecule has 0 aliphatic carbocycles. The number of hydrogen-bond acceptors (Lipinski definition) is 4. The Morgan fingerprint density at radius 1 is 1.39 bits per heavy atom. The smallest absolute Gasteiger partial charge is 0.279 e. The first-order chi connectivity index (χ1) is 8.55. The Labute approximate surface area is 110 Å². The fourth-order valence-corrected chi connectivity index (χ4v) is 3.61. The molecule has 18 heavy (non-hydrogen) atoms. The van der Waals surface area contributed by atoms with Crippen LogP contribution in [0, 0.1) is 0 Å². The molecule has 1 aliphatic rings. The quantitative estimate of drug-likeness (QED) is 0.640. The van der Waals surface area contributed by atoms with Gasteiger partial charge < -0.3 is 10.1 Å². The number of nitrogens with one attached hydrogen (secondary N) is 2. The molecule has 0 aromatic rings. The Morgan fingerprint density at radius 2 is 2.11 bits per heavy atom. The van der Waals surface area contributed by atoms with Crippen LogP contribution < -0.4 is 10.0 Å². The van der Waals surface area contributed by atoms with Gasteiger partial charge in [-0.3, -0.25) is 0 Å². The summed E-state index contributed by atoms with van der Waals surface area (Å²) in [6.07, 6.45) is 1.75. The lowest BCUT2D eigenvalue weighted by atomic mass is 10.1. The fraction of sp³-hybridized carbons (Fsp3) is 1.00. The molecular weight excluding hydrogens is 254 g/mol. The van der Waals surface area contributed by atoms with Gasteiger partial charge in [0.05, 0.1) is 6.61 Å². The molecule has 7 heteroatoms. The van der Waals surface area contributed by atoms with Crippen molar-refractivity contribution in [3.8, 4) is 0 Å². The van der Waals surface area contributed by atoms with Crippen LogP contribution in [-0.2, 0) is 14.9 Å². The molecule has 2 N–H and O–H groups in total. The summed E-state index contributed by atoms with van der Waals surface area (Å²) in [6, 6.07) is 0.277. The molecule has 108 valence electrons. The summed E-state index contributed by atoms with van der Waals surface area (Å²) in [5.41, 5.74) is 0. The zero-order chi connectivity index (χ0) is 13.6. The highest BCUT2D eigenvalue weighted by atomic mass is 32.2. The maximum atomic E-state index is 12.2. The van der Waals surface area contributed by atoms with E-state index in [2.05, 4.69) is 17.0 Å². The van der Waals surface area contributed by atoms with Crippen LogP contribution in [0.2, 0.25) is 0 Å². The summed E-state index contributed by atoms with van der Waals surface area (Å²) in [4.78, 5) is 0. The predicted molar refractivity (Wildman–Crippen MR) is 71.7 cm³/mol. The first kappa shape index (κ1) is 15.8. The van der Waals surface area contributed by atoms with E-state index in [9.17, 15) is 8.42 Å². The Bertz CT molecular complexity index is 334. The van der Waals surface area contributed by atoms with Crippen LogP contribution in [0.1, 0.15) is 26.7 Å². The molecule has 1 rings (SSSR count). The van der Waals surface area contributed by atoms with Crippen molar-refractivity contribution in [3.05, 3.63) is 0 Å². The zero-order valence-electron chi connectivity index (χ0n) is 11.5. The molecule has 0 saturated carbocycles. The second-order valence-corrected chi connectivity index (χ2v) is 6.25. The average molecular weight is 279 g/mol. The van der Waals surface area contributed by atoms with Crippen LogP contribution in [0.25, 0.3) is 0 Å². The van der Waals surface area contributed by atoms with Gasteiger partial charge in [0.15, 0.2) is 0 Å². The third kappa shape index (κ3) is 4.17. The lowest BCUT2D eigenvalue weighted by Gasteiger charge is -2.38. The molecule has 0 bridgehead atoms. The monoisotopic (exact) mass is 279 g/mol. The van der Waals surface area contributed by atoms with Gasteiger partial charge in [-0.05, 0) is 12.8 Å². The number of methoxy groups -OCH3 is 1. The average Bonchev–Trinajstić information content (AvgIpc) is 2.38. The van der Waals surface area contributed by atoms with Crippen LogP contribution in [0.3, 0.4) is 0 Å². The number of rotatable bonds is 7. The van der Waals surface area contributed by atoms with Crippen molar-refractivity contribution in [2.24, 2.45) is 0 Å². The molecular formula is C11H25N3O3S. The molecule has 6 nitrogen and oxygen atoms in total. The molecule has 1 aliphatic heterocycles. The summed E-state index contributed by atoms with van der Waals surface area (Å²) in [7, 11) is -1.84. The summed E-state index contributed by atoms with van der Waals surface area (Å²) in [5.74, 6) is 0. The summed E-state index contributed by atoms with van der Waals surface area (Å²) < 4.78 is 33.5. The van der Waals surface area contributed by atoms with E-state index in [1.165, 1.54) is 0 Å². The molecule has 0 spiro atoms. The van der Waals surface area contributed by atoms with E-state index in [4.69, 9.17) is 4.74 Å². The summed E-state index contributed by atoms with van der Waals surface area (Å²) >= 11 is 0. The number of piperazine rings is 1. The Balaban J connectivity index is 2.68. The maximum absolute atomic E-state index is 12.2. The molecule has 0 aromatic carbocycles. The van der Waals surface area contributed by atoms with Crippen LogP contribution in [0.15, 0.2) is 0 Å². The van der Waals surface area contributed by atoms with Gasteiger partial charge in [0.1, 0.15) is 0 Å². The normalized spacial score (nSPS) is 26.4. The Morgan fingerprint density at radius 3 is 2.67 bits per heavy atom. The van der Waals surface area contributed by atoms with Gasteiger partial charge in [-0.25, -0.2) is 0 Å². The number of ether oxygens (including phenoxy) is 1. The fourth-order valence-electron chi connectivity index (χ4n) is 2.11. The topological polar surface area (TPSA) is 70.7 Å². The van der Waals surface area contributed by atoms with Gasteiger partial charge in [-0.15, -0.1) is 0 Å². The van der Waals surface area contributed by atoms with E-state index in [0.29, 0.717) is 19.7 Å². The first-order valence-corrected chi connectivity index (χ1v) is 7.97. The molecule has 2 unspecified atom stereocenters. The second-order valence-electron chi connectivity index (χ2n) is 4.54. The van der Waals surface area contributed by atoms with E-state index < -0.39 is 10.2 Å². The summed E-state index contributed by atoms with van der Waals surface area (Å²) in [6.45, 7) is 6.04. The van der Waals surface area contributed by atoms with Gasteiger partial charge in [0.25, 0.3) is 10.2 Å². The second kappa shape index (κ2) is 7.40.